The molecule has 1 aromatic heterocycles. The molecule has 1 heterocycles. The van der Waals surface area contributed by atoms with Crippen molar-refractivity contribution in [2.45, 2.75) is 39.0 Å². The molecule has 1 nitrogen and oxygen atoms in total. The molecular weight excluding hydrogens is 274 g/mol. The van der Waals surface area contributed by atoms with Gasteiger partial charge in [0.1, 0.15) is 0 Å². The Morgan fingerprint density at radius 2 is 2.12 bits per heavy atom. The standard InChI is InChI=1S/C15H20BrN/c1-12-7-8-13(11-17-12)9-15(10-16)14-5-3-2-4-6-14/h7-9,11,14H,2-6,10H2,1H3/b15-9-. The molecule has 0 saturated heterocycles. The summed E-state index contributed by atoms with van der Waals surface area (Å²) in [6.07, 6.45) is 11.2. The van der Waals surface area contributed by atoms with Gasteiger partial charge in [-0.25, -0.2) is 0 Å². The highest BCUT2D eigenvalue weighted by molar-refractivity contribution is 9.09. The molecule has 0 aromatic carbocycles. The minimum Gasteiger partial charge on any atom is -0.261 e. The van der Waals surface area contributed by atoms with Gasteiger partial charge in [-0.05, 0) is 37.3 Å². The van der Waals surface area contributed by atoms with Gasteiger partial charge in [0.15, 0.2) is 0 Å². The van der Waals surface area contributed by atoms with Crippen molar-refractivity contribution in [1.29, 1.82) is 0 Å². The molecule has 1 saturated carbocycles. The number of pyridine rings is 1. The van der Waals surface area contributed by atoms with Crippen molar-refractivity contribution in [3.63, 3.8) is 0 Å². The number of hydrogen-bond acceptors (Lipinski definition) is 1. The summed E-state index contributed by atoms with van der Waals surface area (Å²) < 4.78 is 0. The quantitative estimate of drug-likeness (QED) is 0.733. The van der Waals surface area contributed by atoms with Crippen LogP contribution in [0.3, 0.4) is 0 Å². The van der Waals surface area contributed by atoms with Crippen LogP contribution in [0.2, 0.25) is 0 Å². The SMILES string of the molecule is Cc1ccc(/C=C(/CBr)C2CCCCC2)cn1. The Labute approximate surface area is 112 Å². The number of nitrogens with zero attached hydrogens (tertiary/aromatic N) is 1. The van der Waals surface area contributed by atoms with E-state index in [1.165, 1.54) is 43.2 Å². The summed E-state index contributed by atoms with van der Waals surface area (Å²) in [5.74, 6) is 0.782. The van der Waals surface area contributed by atoms with E-state index in [1.807, 2.05) is 13.1 Å². The van der Waals surface area contributed by atoms with Gasteiger partial charge < -0.3 is 0 Å². The van der Waals surface area contributed by atoms with Crippen molar-refractivity contribution in [3.05, 3.63) is 35.2 Å². The van der Waals surface area contributed by atoms with Crippen LogP contribution in [-0.2, 0) is 0 Å². The maximum atomic E-state index is 4.35. The van der Waals surface area contributed by atoms with E-state index in [0.29, 0.717) is 0 Å². The summed E-state index contributed by atoms with van der Waals surface area (Å²) in [5, 5.41) is 0.992. The van der Waals surface area contributed by atoms with Crippen LogP contribution in [0, 0.1) is 12.8 Å². The second-order valence-corrected chi connectivity index (χ2v) is 5.48. The van der Waals surface area contributed by atoms with Gasteiger partial charge in [0, 0.05) is 17.2 Å². The molecular formula is C15H20BrN. The van der Waals surface area contributed by atoms with E-state index in [0.717, 1.165) is 16.9 Å². The molecule has 17 heavy (non-hydrogen) atoms. The van der Waals surface area contributed by atoms with E-state index < -0.39 is 0 Å². The Balaban J connectivity index is 2.13. The molecule has 0 unspecified atom stereocenters. The third-order valence-electron chi connectivity index (χ3n) is 3.57. The van der Waals surface area contributed by atoms with Crippen molar-refractivity contribution in [1.82, 2.24) is 4.98 Å². The van der Waals surface area contributed by atoms with E-state index in [1.54, 1.807) is 0 Å². The number of halogens is 1. The van der Waals surface area contributed by atoms with Crippen LogP contribution in [0.4, 0.5) is 0 Å². The molecule has 0 bridgehead atoms. The molecule has 92 valence electrons. The highest BCUT2D eigenvalue weighted by Crippen LogP contribution is 2.31. The van der Waals surface area contributed by atoms with E-state index in [9.17, 15) is 0 Å². The van der Waals surface area contributed by atoms with Crippen LogP contribution in [0.5, 0.6) is 0 Å². The van der Waals surface area contributed by atoms with Crippen LogP contribution in [0.25, 0.3) is 6.08 Å². The van der Waals surface area contributed by atoms with Crippen LogP contribution >= 0.6 is 15.9 Å². The molecule has 2 heteroatoms. The summed E-state index contributed by atoms with van der Waals surface area (Å²) in [6, 6.07) is 4.24. The fourth-order valence-electron chi connectivity index (χ4n) is 2.52. The number of alkyl halides is 1. The lowest BCUT2D eigenvalue weighted by atomic mass is 9.84. The van der Waals surface area contributed by atoms with Crippen molar-refractivity contribution in [3.8, 4) is 0 Å². The fraction of sp³-hybridized carbons (Fsp3) is 0.533. The largest absolute Gasteiger partial charge is 0.261 e. The smallest absolute Gasteiger partial charge is 0.0373 e. The molecule has 1 aromatic rings. The maximum absolute atomic E-state index is 4.35. The summed E-state index contributed by atoms with van der Waals surface area (Å²) in [5.41, 5.74) is 3.85. The van der Waals surface area contributed by atoms with Gasteiger partial charge in [-0.2, -0.15) is 0 Å². The summed E-state index contributed by atoms with van der Waals surface area (Å²) in [7, 11) is 0. The minimum absolute atomic E-state index is 0.782. The molecule has 1 fully saturated rings. The summed E-state index contributed by atoms with van der Waals surface area (Å²) in [4.78, 5) is 4.35. The van der Waals surface area contributed by atoms with Crippen molar-refractivity contribution >= 4 is 22.0 Å². The average molecular weight is 294 g/mol. The highest BCUT2D eigenvalue weighted by atomic mass is 79.9. The lowest BCUT2D eigenvalue weighted by Crippen LogP contribution is -2.10. The zero-order valence-corrected chi connectivity index (χ0v) is 12.0. The summed E-state index contributed by atoms with van der Waals surface area (Å²) >= 11 is 3.63. The molecule has 1 aliphatic carbocycles. The van der Waals surface area contributed by atoms with Crippen LogP contribution in [0.15, 0.2) is 23.9 Å². The third kappa shape index (κ3) is 3.67. The first-order chi connectivity index (χ1) is 8.29. The fourth-order valence-corrected chi connectivity index (χ4v) is 3.14. The Kier molecular flexibility index (Phi) is 4.78. The van der Waals surface area contributed by atoms with Gasteiger partial charge in [-0.1, -0.05) is 52.9 Å². The van der Waals surface area contributed by atoms with E-state index in [-0.39, 0.29) is 0 Å². The van der Waals surface area contributed by atoms with E-state index >= 15 is 0 Å². The second kappa shape index (κ2) is 6.34. The monoisotopic (exact) mass is 293 g/mol. The summed E-state index contributed by atoms with van der Waals surface area (Å²) in [6.45, 7) is 2.03. The predicted molar refractivity (Wildman–Crippen MR) is 77.3 cm³/mol. The molecule has 1 aliphatic rings. The first kappa shape index (κ1) is 12.8. The number of allylic oxidation sites excluding steroid dienone is 1. The Morgan fingerprint density at radius 3 is 2.71 bits per heavy atom. The highest BCUT2D eigenvalue weighted by Gasteiger charge is 2.16. The van der Waals surface area contributed by atoms with Gasteiger partial charge in [0.05, 0.1) is 0 Å². The van der Waals surface area contributed by atoms with Gasteiger partial charge in [0.25, 0.3) is 0 Å². The topological polar surface area (TPSA) is 12.9 Å². The number of aromatic nitrogens is 1. The Bertz CT molecular complexity index is 374. The average Bonchev–Trinajstić information content (AvgIpc) is 2.39. The maximum Gasteiger partial charge on any atom is 0.0373 e. The van der Waals surface area contributed by atoms with Crippen molar-refractivity contribution in [2.75, 3.05) is 5.33 Å². The second-order valence-electron chi connectivity index (χ2n) is 4.92. The first-order valence-electron chi connectivity index (χ1n) is 6.48. The van der Waals surface area contributed by atoms with Gasteiger partial charge in [0.2, 0.25) is 0 Å². The number of aryl methyl sites for hydroxylation is 1. The minimum atomic E-state index is 0.782. The van der Waals surface area contributed by atoms with Gasteiger partial charge in [-0.3, -0.25) is 4.98 Å². The molecule has 2 rings (SSSR count). The molecule has 0 spiro atoms. The van der Waals surface area contributed by atoms with E-state index in [2.05, 4.69) is 39.1 Å². The molecule has 0 amide bonds. The predicted octanol–water partition coefficient (Wildman–Crippen LogP) is 4.75. The molecule has 0 atom stereocenters. The Hall–Kier alpha value is -0.630. The van der Waals surface area contributed by atoms with Crippen molar-refractivity contribution in [2.24, 2.45) is 5.92 Å². The third-order valence-corrected chi connectivity index (χ3v) is 4.22. The van der Waals surface area contributed by atoms with Gasteiger partial charge >= 0.3 is 0 Å². The molecule has 0 radical (unpaired) electrons. The molecule has 0 aliphatic heterocycles. The van der Waals surface area contributed by atoms with Gasteiger partial charge in [-0.15, -0.1) is 0 Å². The normalized spacial score (nSPS) is 18.4. The Morgan fingerprint density at radius 1 is 1.35 bits per heavy atom. The van der Waals surface area contributed by atoms with Crippen LogP contribution < -0.4 is 0 Å². The first-order valence-corrected chi connectivity index (χ1v) is 7.61. The number of rotatable bonds is 3. The van der Waals surface area contributed by atoms with Crippen LogP contribution in [0.1, 0.15) is 43.4 Å². The zero-order chi connectivity index (χ0) is 12.1. The van der Waals surface area contributed by atoms with Crippen LogP contribution in [-0.4, -0.2) is 10.3 Å². The number of hydrogen-bond donors (Lipinski definition) is 0. The van der Waals surface area contributed by atoms with Crippen molar-refractivity contribution < 1.29 is 0 Å². The molecule has 0 N–H and O–H groups in total. The lowest BCUT2D eigenvalue weighted by molar-refractivity contribution is 0.405. The van der Waals surface area contributed by atoms with E-state index in [4.69, 9.17) is 0 Å². The zero-order valence-electron chi connectivity index (χ0n) is 10.5. The lowest BCUT2D eigenvalue weighted by Gasteiger charge is -2.23.